The molecule has 1 aliphatic carbocycles. The molecule has 3 aliphatic rings. The third-order valence-corrected chi connectivity index (χ3v) is 5.80. The first-order chi connectivity index (χ1) is 14.0. The number of para-hydroxylation sites is 1. The van der Waals surface area contributed by atoms with Gasteiger partial charge in [-0.2, -0.15) is 0 Å². The number of halogens is 1. The molecular weight excluding hydrogens is 375 g/mol. The number of ether oxygens (including phenoxy) is 1. The van der Waals surface area contributed by atoms with Crippen molar-refractivity contribution in [2.45, 2.75) is 44.0 Å². The minimum atomic E-state index is -1.48. The van der Waals surface area contributed by atoms with E-state index in [1.54, 1.807) is 41.3 Å². The topological polar surface area (TPSA) is 66.9 Å². The number of rotatable bonds is 4. The summed E-state index contributed by atoms with van der Waals surface area (Å²) in [7, 11) is 0. The molecular formula is C22H19FN2O4. The number of fused-ring (bicyclic) bond motifs is 3. The molecule has 1 atom stereocenters. The monoisotopic (exact) mass is 394 g/mol. The number of amides is 2. The maximum atomic E-state index is 13.5. The van der Waals surface area contributed by atoms with Crippen molar-refractivity contribution in [1.29, 1.82) is 0 Å². The van der Waals surface area contributed by atoms with E-state index in [1.165, 1.54) is 17.0 Å². The molecule has 2 fully saturated rings. The van der Waals surface area contributed by atoms with Gasteiger partial charge in [-0.05, 0) is 42.7 Å². The van der Waals surface area contributed by atoms with Crippen molar-refractivity contribution < 1.29 is 23.5 Å². The summed E-state index contributed by atoms with van der Waals surface area (Å²) in [5, 5.41) is 0. The van der Waals surface area contributed by atoms with Crippen LogP contribution < -0.4 is 4.90 Å². The second-order valence-corrected chi connectivity index (χ2v) is 7.68. The molecule has 148 valence electrons. The standard InChI is InChI=1S/C22H19FN2O4/c23-15-5-3-4-14(12-15)13-29-21(28)22-11-10-19(26)25(22)18-7-2-1-6-17(18)20(27)24(22)16-8-9-16/h1-7,12,16H,8-11,13H2/t22-/m0/s1. The van der Waals surface area contributed by atoms with E-state index in [2.05, 4.69) is 0 Å². The Hall–Kier alpha value is -3.22. The highest BCUT2D eigenvalue weighted by molar-refractivity contribution is 6.15. The fourth-order valence-corrected chi connectivity index (χ4v) is 4.40. The van der Waals surface area contributed by atoms with Crippen LogP contribution in [0, 0.1) is 5.82 Å². The van der Waals surface area contributed by atoms with Crippen LogP contribution in [-0.4, -0.2) is 34.4 Å². The number of carbonyl (C=O) groups excluding carboxylic acids is 3. The van der Waals surface area contributed by atoms with Gasteiger partial charge in [0.1, 0.15) is 12.4 Å². The van der Waals surface area contributed by atoms with Crippen LogP contribution in [0.5, 0.6) is 0 Å². The summed E-state index contributed by atoms with van der Waals surface area (Å²) >= 11 is 0. The lowest BCUT2D eigenvalue weighted by Gasteiger charge is -2.48. The molecule has 2 aromatic carbocycles. The first-order valence-electron chi connectivity index (χ1n) is 9.70. The van der Waals surface area contributed by atoms with Crippen LogP contribution in [-0.2, 0) is 20.9 Å². The number of esters is 1. The normalized spacial score (nSPS) is 23.1. The summed E-state index contributed by atoms with van der Waals surface area (Å²) in [4.78, 5) is 42.5. The van der Waals surface area contributed by atoms with E-state index in [0.717, 1.165) is 12.8 Å². The summed E-state index contributed by atoms with van der Waals surface area (Å²) in [5.74, 6) is -1.53. The Kier molecular flexibility index (Phi) is 3.94. The Morgan fingerprint density at radius 1 is 1.14 bits per heavy atom. The van der Waals surface area contributed by atoms with Gasteiger partial charge in [0.2, 0.25) is 11.6 Å². The van der Waals surface area contributed by atoms with Crippen molar-refractivity contribution in [3.63, 3.8) is 0 Å². The van der Waals surface area contributed by atoms with E-state index < -0.39 is 17.4 Å². The fraction of sp³-hybridized carbons (Fsp3) is 0.318. The zero-order valence-electron chi connectivity index (χ0n) is 15.6. The van der Waals surface area contributed by atoms with Crippen molar-refractivity contribution in [3.05, 3.63) is 65.5 Å². The molecule has 5 rings (SSSR count). The molecule has 2 amide bonds. The molecule has 0 bridgehead atoms. The summed E-state index contributed by atoms with van der Waals surface area (Å²) < 4.78 is 19.0. The number of nitrogens with zero attached hydrogens (tertiary/aromatic N) is 2. The summed E-state index contributed by atoms with van der Waals surface area (Å²) in [6.07, 6.45) is 1.91. The molecule has 0 spiro atoms. The highest BCUT2D eigenvalue weighted by Crippen LogP contribution is 2.49. The fourth-order valence-electron chi connectivity index (χ4n) is 4.40. The molecule has 29 heavy (non-hydrogen) atoms. The zero-order chi connectivity index (χ0) is 20.2. The molecule has 2 aromatic rings. The van der Waals surface area contributed by atoms with Crippen molar-refractivity contribution in [2.75, 3.05) is 4.90 Å². The van der Waals surface area contributed by atoms with Gasteiger partial charge in [0.05, 0.1) is 11.3 Å². The summed E-state index contributed by atoms with van der Waals surface area (Å²) in [5.41, 5.74) is -0.106. The van der Waals surface area contributed by atoms with Gasteiger partial charge in [-0.3, -0.25) is 14.5 Å². The maximum Gasteiger partial charge on any atom is 0.354 e. The summed E-state index contributed by atoms with van der Waals surface area (Å²) in [6.45, 7) is -0.130. The average molecular weight is 394 g/mol. The quantitative estimate of drug-likeness (QED) is 0.748. The van der Waals surface area contributed by atoms with Crippen molar-refractivity contribution >= 4 is 23.5 Å². The first-order valence-corrected chi connectivity index (χ1v) is 9.70. The van der Waals surface area contributed by atoms with Gasteiger partial charge in [0, 0.05) is 18.9 Å². The van der Waals surface area contributed by atoms with Crippen LogP contribution in [0.1, 0.15) is 41.6 Å². The van der Waals surface area contributed by atoms with E-state index >= 15 is 0 Å². The van der Waals surface area contributed by atoms with Crippen LogP contribution in [0.15, 0.2) is 48.5 Å². The van der Waals surface area contributed by atoms with E-state index in [9.17, 15) is 18.8 Å². The molecule has 1 saturated carbocycles. The van der Waals surface area contributed by atoms with Gasteiger partial charge in [-0.15, -0.1) is 0 Å². The van der Waals surface area contributed by atoms with Crippen molar-refractivity contribution in [1.82, 2.24) is 4.90 Å². The average Bonchev–Trinajstić information content (AvgIpc) is 3.49. The molecule has 2 aliphatic heterocycles. The second-order valence-electron chi connectivity index (χ2n) is 7.68. The maximum absolute atomic E-state index is 13.5. The Labute approximate surface area is 166 Å². The third-order valence-electron chi connectivity index (χ3n) is 5.80. The molecule has 0 aromatic heterocycles. The molecule has 0 radical (unpaired) electrons. The molecule has 0 N–H and O–H groups in total. The number of benzene rings is 2. The van der Waals surface area contributed by atoms with E-state index in [0.29, 0.717) is 16.8 Å². The predicted molar refractivity (Wildman–Crippen MR) is 101 cm³/mol. The van der Waals surface area contributed by atoms with Gasteiger partial charge in [0.25, 0.3) is 5.91 Å². The van der Waals surface area contributed by atoms with Gasteiger partial charge < -0.3 is 9.64 Å². The molecule has 7 heteroatoms. The Bertz CT molecular complexity index is 1030. The smallest absolute Gasteiger partial charge is 0.354 e. The minimum absolute atomic E-state index is 0.0917. The number of anilines is 1. The Morgan fingerprint density at radius 2 is 1.93 bits per heavy atom. The molecule has 2 heterocycles. The SMILES string of the molecule is O=C1CC[C@@]2(C(=O)OCc3cccc(F)c3)N1c1ccccc1C(=O)N2C1CC1. The lowest BCUT2D eigenvalue weighted by atomic mass is 9.96. The second kappa shape index (κ2) is 6.40. The number of hydrogen-bond acceptors (Lipinski definition) is 4. The highest BCUT2D eigenvalue weighted by atomic mass is 19.1. The molecule has 1 saturated heterocycles. The van der Waals surface area contributed by atoms with Gasteiger partial charge in [0.15, 0.2) is 0 Å². The van der Waals surface area contributed by atoms with Crippen LogP contribution in [0.2, 0.25) is 0 Å². The van der Waals surface area contributed by atoms with Crippen LogP contribution in [0.25, 0.3) is 0 Å². The van der Waals surface area contributed by atoms with Gasteiger partial charge >= 0.3 is 5.97 Å². The third kappa shape index (κ3) is 2.64. The van der Waals surface area contributed by atoms with Crippen LogP contribution in [0.4, 0.5) is 10.1 Å². The first kappa shape index (κ1) is 17.8. The Morgan fingerprint density at radius 3 is 2.69 bits per heavy atom. The van der Waals surface area contributed by atoms with Crippen LogP contribution >= 0.6 is 0 Å². The zero-order valence-corrected chi connectivity index (χ0v) is 15.6. The van der Waals surface area contributed by atoms with Crippen LogP contribution in [0.3, 0.4) is 0 Å². The molecule has 6 nitrogen and oxygen atoms in total. The van der Waals surface area contributed by atoms with E-state index in [4.69, 9.17) is 4.74 Å². The highest BCUT2D eigenvalue weighted by Gasteiger charge is 2.64. The minimum Gasteiger partial charge on any atom is -0.458 e. The lowest BCUT2D eigenvalue weighted by molar-refractivity contribution is -0.159. The van der Waals surface area contributed by atoms with Gasteiger partial charge in [-0.25, -0.2) is 9.18 Å². The van der Waals surface area contributed by atoms with Crippen molar-refractivity contribution in [3.8, 4) is 0 Å². The largest absolute Gasteiger partial charge is 0.458 e. The van der Waals surface area contributed by atoms with E-state index in [1.807, 2.05) is 0 Å². The predicted octanol–water partition coefficient (Wildman–Crippen LogP) is 3.01. The van der Waals surface area contributed by atoms with Gasteiger partial charge in [-0.1, -0.05) is 24.3 Å². The Balaban J connectivity index is 1.55. The molecule has 0 unspecified atom stereocenters. The summed E-state index contributed by atoms with van der Waals surface area (Å²) in [6, 6.07) is 12.6. The van der Waals surface area contributed by atoms with E-state index in [-0.39, 0.29) is 37.3 Å². The van der Waals surface area contributed by atoms with Crippen molar-refractivity contribution in [2.24, 2.45) is 0 Å². The number of hydrogen-bond donors (Lipinski definition) is 0. The number of carbonyl (C=O) groups is 3. The lowest BCUT2D eigenvalue weighted by Crippen LogP contribution is -2.69.